The van der Waals surface area contributed by atoms with Crippen LogP contribution in [0.5, 0.6) is 0 Å². The first-order chi connectivity index (χ1) is 14.9. The van der Waals surface area contributed by atoms with Gasteiger partial charge in [-0.15, -0.1) is 0 Å². The molecular weight excluding hydrogens is 436 g/mol. The van der Waals surface area contributed by atoms with Gasteiger partial charge in [-0.05, 0) is 38.0 Å². The van der Waals surface area contributed by atoms with E-state index in [4.69, 9.17) is 26.7 Å². The third-order valence-electron chi connectivity index (χ3n) is 5.41. The molecule has 1 amide bonds. The van der Waals surface area contributed by atoms with Crippen LogP contribution in [0.1, 0.15) is 24.6 Å². The quantitative estimate of drug-likeness (QED) is 0.449. The number of rotatable bonds is 5. The standard InChI is InChI=1S/C21H25ClN6O2S/c1-4-16(20(29)27-7-9-30-10-8-27)31-21-24-19-17(13(3)25-26-19)18(23)28(21)14-6-5-12(2)15(22)11-14/h5-6,11,16,23H,4,7-10H2,1-3H3,(H,25,26)/t16-/m1/s1. The van der Waals surface area contributed by atoms with Gasteiger partial charge in [0.05, 0.1) is 29.5 Å². The molecule has 0 aliphatic carbocycles. The summed E-state index contributed by atoms with van der Waals surface area (Å²) >= 11 is 7.75. The summed E-state index contributed by atoms with van der Waals surface area (Å²) in [6.07, 6.45) is 0.641. The molecule has 3 aromatic rings. The summed E-state index contributed by atoms with van der Waals surface area (Å²) in [5.41, 5.74) is 3.17. The summed E-state index contributed by atoms with van der Waals surface area (Å²) in [4.78, 5) is 19.7. The summed E-state index contributed by atoms with van der Waals surface area (Å²) < 4.78 is 7.13. The number of halogens is 1. The van der Waals surface area contributed by atoms with Crippen molar-refractivity contribution >= 4 is 40.3 Å². The molecule has 1 saturated heterocycles. The van der Waals surface area contributed by atoms with E-state index in [0.29, 0.717) is 53.9 Å². The zero-order chi connectivity index (χ0) is 22.1. The second kappa shape index (κ2) is 9.02. The van der Waals surface area contributed by atoms with Crippen molar-refractivity contribution < 1.29 is 9.53 Å². The van der Waals surface area contributed by atoms with Crippen molar-refractivity contribution in [2.45, 2.75) is 37.6 Å². The number of aromatic nitrogens is 4. The van der Waals surface area contributed by atoms with Crippen LogP contribution in [0.3, 0.4) is 0 Å². The molecule has 1 atom stereocenters. The minimum atomic E-state index is -0.324. The van der Waals surface area contributed by atoms with E-state index in [2.05, 4.69) is 10.2 Å². The largest absolute Gasteiger partial charge is 0.378 e. The lowest BCUT2D eigenvalue weighted by Gasteiger charge is -2.30. The Morgan fingerprint density at radius 2 is 2.10 bits per heavy atom. The topological polar surface area (TPSA) is 99.9 Å². The SMILES string of the molecule is CC[C@@H](Sc1nc2n[nH]c(C)c2c(=N)n1-c1ccc(C)c(Cl)c1)C(=O)N1CCOCC1. The minimum absolute atomic E-state index is 0.0657. The summed E-state index contributed by atoms with van der Waals surface area (Å²) in [7, 11) is 0. The number of nitrogens with zero attached hydrogens (tertiary/aromatic N) is 4. The van der Waals surface area contributed by atoms with Crippen LogP contribution in [0.2, 0.25) is 5.02 Å². The van der Waals surface area contributed by atoms with E-state index < -0.39 is 0 Å². The highest BCUT2D eigenvalue weighted by Gasteiger charge is 2.28. The number of thioether (sulfide) groups is 1. The number of hydrogen-bond donors (Lipinski definition) is 2. The normalized spacial score (nSPS) is 15.4. The fraction of sp³-hybridized carbons (Fsp3) is 0.429. The minimum Gasteiger partial charge on any atom is -0.378 e. The zero-order valence-corrected chi connectivity index (χ0v) is 19.3. The van der Waals surface area contributed by atoms with E-state index in [1.807, 2.05) is 43.9 Å². The number of amides is 1. The Hall–Kier alpha value is -2.36. The molecule has 1 fully saturated rings. The smallest absolute Gasteiger partial charge is 0.236 e. The molecule has 0 bridgehead atoms. The second-order valence-corrected chi connectivity index (χ2v) is 9.09. The van der Waals surface area contributed by atoms with Crippen molar-refractivity contribution in [2.24, 2.45) is 0 Å². The Labute approximate surface area is 189 Å². The van der Waals surface area contributed by atoms with Crippen LogP contribution in [0.4, 0.5) is 0 Å². The van der Waals surface area contributed by atoms with E-state index in [-0.39, 0.29) is 16.6 Å². The molecule has 8 nitrogen and oxygen atoms in total. The van der Waals surface area contributed by atoms with Crippen molar-refractivity contribution in [3.05, 3.63) is 40.0 Å². The predicted molar refractivity (Wildman–Crippen MR) is 121 cm³/mol. The molecule has 0 unspecified atom stereocenters. The fourth-order valence-electron chi connectivity index (χ4n) is 3.59. The van der Waals surface area contributed by atoms with Crippen LogP contribution in [-0.4, -0.2) is 62.1 Å². The van der Waals surface area contributed by atoms with Gasteiger partial charge in [-0.2, -0.15) is 5.10 Å². The molecule has 1 aliphatic heterocycles. The number of carbonyl (C=O) groups excluding carboxylic acids is 1. The van der Waals surface area contributed by atoms with Crippen molar-refractivity contribution in [1.29, 1.82) is 5.41 Å². The molecule has 2 N–H and O–H groups in total. The number of carbonyl (C=O) groups is 1. The molecule has 31 heavy (non-hydrogen) atoms. The number of nitrogens with one attached hydrogen (secondary N) is 2. The van der Waals surface area contributed by atoms with Crippen molar-refractivity contribution in [3.63, 3.8) is 0 Å². The van der Waals surface area contributed by atoms with E-state index in [1.54, 1.807) is 4.57 Å². The van der Waals surface area contributed by atoms with Crippen LogP contribution in [0, 0.1) is 19.3 Å². The van der Waals surface area contributed by atoms with Crippen molar-refractivity contribution in [3.8, 4) is 5.69 Å². The Balaban J connectivity index is 1.81. The third-order valence-corrected chi connectivity index (χ3v) is 7.12. The molecule has 10 heteroatoms. The number of aromatic amines is 1. The molecular formula is C21H25ClN6O2S. The van der Waals surface area contributed by atoms with Crippen LogP contribution in [-0.2, 0) is 9.53 Å². The highest BCUT2D eigenvalue weighted by atomic mass is 35.5. The molecule has 164 valence electrons. The highest BCUT2D eigenvalue weighted by molar-refractivity contribution is 8.00. The highest BCUT2D eigenvalue weighted by Crippen LogP contribution is 2.29. The maximum absolute atomic E-state index is 13.2. The number of H-pyrrole nitrogens is 1. The second-order valence-electron chi connectivity index (χ2n) is 7.51. The molecule has 1 aromatic carbocycles. The molecule has 1 aliphatic rings. The first kappa shape index (κ1) is 21.9. The lowest BCUT2D eigenvalue weighted by atomic mass is 10.2. The van der Waals surface area contributed by atoms with Gasteiger partial charge in [0.1, 0.15) is 5.49 Å². The number of morpholine rings is 1. The van der Waals surface area contributed by atoms with Gasteiger partial charge < -0.3 is 9.64 Å². The van der Waals surface area contributed by atoms with E-state index >= 15 is 0 Å². The Bertz CT molecular complexity index is 1180. The van der Waals surface area contributed by atoms with Gasteiger partial charge in [0, 0.05) is 23.8 Å². The lowest BCUT2D eigenvalue weighted by molar-refractivity contribution is -0.134. The Morgan fingerprint density at radius 1 is 1.35 bits per heavy atom. The van der Waals surface area contributed by atoms with Gasteiger partial charge >= 0.3 is 0 Å². The van der Waals surface area contributed by atoms with Crippen LogP contribution < -0.4 is 5.49 Å². The molecule has 0 saturated carbocycles. The van der Waals surface area contributed by atoms with Gasteiger partial charge in [0.15, 0.2) is 10.8 Å². The van der Waals surface area contributed by atoms with Crippen molar-refractivity contribution in [1.82, 2.24) is 24.6 Å². The van der Waals surface area contributed by atoms with Crippen LogP contribution in [0.15, 0.2) is 23.4 Å². The lowest BCUT2D eigenvalue weighted by Crippen LogP contribution is -2.44. The summed E-state index contributed by atoms with van der Waals surface area (Å²) in [6.45, 7) is 8.10. The number of fused-ring (bicyclic) bond motifs is 1. The van der Waals surface area contributed by atoms with Crippen molar-refractivity contribution in [2.75, 3.05) is 26.3 Å². The predicted octanol–water partition coefficient (Wildman–Crippen LogP) is 3.23. The number of hydrogen-bond acceptors (Lipinski definition) is 6. The van der Waals surface area contributed by atoms with Gasteiger partial charge in [-0.3, -0.25) is 19.9 Å². The molecule has 3 heterocycles. The summed E-state index contributed by atoms with van der Waals surface area (Å²) in [5.74, 6) is 0.0657. The zero-order valence-electron chi connectivity index (χ0n) is 17.7. The molecule has 0 spiro atoms. The number of aryl methyl sites for hydroxylation is 2. The van der Waals surface area contributed by atoms with Gasteiger partial charge in [0.2, 0.25) is 5.91 Å². The first-order valence-corrected chi connectivity index (χ1v) is 11.5. The summed E-state index contributed by atoms with van der Waals surface area (Å²) in [6, 6.07) is 5.66. The Morgan fingerprint density at radius 3 is 2.77 bits per heavy atom. The number of ether oxygens (including phenoxy) is 1. The maximum atomic E-state index is 13.2. The number of benzene rings is 1. The molecule has 2 aromatic heterocycles. The first-order valence-electron chi connectivity index (χ1n) is 10.2. The fourth-order valence-corrected chi connectivity index (χ4v) is 4.88. The monoisotopic (exact) mass is 460 g/mol. The van der Waals surface area contributed by atoms with Crippen LogP contribution in [0.25, 0.3) is 16.7 Å². The van der Waals surface area contributed by atoms with Gasteiger partial charge in [-0.25, -0.2) is 4.98 Å². The van der Waals surface area contributed by atoms with Crippen LogP contribution >= 0.6 is 23.4 Å². The third kappa shape index (κ3) is 4.22. The maximum Gasteiger partial charge on any atom is 0.236 e. The van der Waals surface area contributed by atoms with E-state index in [1.165, 1.54) is 11.8 Å². The Kier molecular flexibility index (Phi) is 6.36. The summed E-state index contributed by atoms with van der Waals surface area (Å²) in [5, 5.41) is 17.5. The average Bonchev–Trinajstić information content (AvgIpc) is 3.15. The van der Waals surface area contributed by atoms with E-state index in [9.17, 15) is 4.79 Å². The molecule has 4 rings (SSSR count). The van der Waals surface area contributed by atoms with Gasteiger partial charge in [-0.1, -0.05) is 36.4 Å². The molecule has 0 radical (unpaired) electrons. The average molecular weight is 461 g/mol. The van der Waals surface area contributed by atoms with Gasteiger partial charge in [0.25, 0.3) is 0 Å². The van der Waals surface area contributed by atoms with E-state index in [0.717, 1.165) is 16.9 Å².